The van der Waals surface area contributed by atoms with E-state index in [9.17, 15) is 4.79 Å². The van der Waals surface area contributed by atoms with Crippen molar-refractivity contribution in [2.45, 2.75) is 45.7 Å². The molecule has 0 aliphatic carbocycles. The van der Waals surface area contributed by atoms with E-state index in [1.165, 1.54) is 5.56 Å². The van der Waals surface area contributed by atoms with Crippen molar-refractivity contribution in [3.05, 3.63) is 35.4 Å². The number of nitrogens with one attached hydrogen (secondary N) is 1. The zero-order valence-corrected chi connectivity index (χ0v) is 11.1. The predicted molar refractivity (Wildman–Crippen MR) is 70.6 cm³/mol. The van der Waals surface area contributed by atoms with Gasteiger partial charge in [-0.2, -0.15) is 0 Å². The van der Waals surface area contributed by atoms with E-state index < -0.39 is 5.54 Å². The number of aryl methyl sites for hydroxylation is 1. The van der Waals surface area contributed by atoms with Gasteiger partial charge in [0.15, 0.2) is 0 Å². The van der Waals surface area contributed by atoms with E-state index in [4.69, 9.17) is 5.73 Å². The van der Waals surface area contributed by atoms with Gasteiger partial charge >= 0.3 is 0 Å². The fourth-order valence-electron chi connectivity index (χ4n) is 1.54. The fraction of sp³-hybridized carbons (Fsp3) is 0.500. The lowest BCUT2D eigenvalue weighted by Gasteiger charge is -2.24. The van der Waals surface area contributed by atoms with Crippen molar-refractivity contribution in [2.75, 3.05) is 0 Å². The number of carbonyl (C=O) groups is 1. The van der Waals surface area contributed by atoms with Gasteiger partial charge in [-0.05, 0) is 32.8 Å². The van der Waals surface area contributed by atoms with Gasteiger partial charge < -0.3 is 11.1 Å². The summed E-state index contributed by atoms with van der Waals surface area (Å²) in [5, 5.41) is 2.95. The smallest absolute Gasteiger partial charge is 0.240 e. The van der Waals surface area contributed by atoms with Crippen LogP contribution in [-0.2, 0) is 4.79 Å². The number of rotatable bonds is 4. The maximum absolute atomic E-state index is 11.9. The summed E-state index contributed by atoms with van der Waals surface area (Å²) < 4.78 is 0. The molecule has 1 amide bonds. The Morgan fingerprint density at radius 1 is 1.53 bits per heavy atom. The topological polar surface area (TPSA) is 55.1 Å². The van der Waals surface area contributed by atoms with Crippen molar-refractivity contribution in [1.82, 2.24) is 5.32 Å². The minimum atomic E-state index is -0.794. The molecule has 1 unspecified atom stereocenters. The largest absolute Gasteiger partial charge is 0.348 e. The highest BCUT2D eigenvalue weighted by Crippen LogP contribution is 2.15. The average Bonchev–Trinajstić information content (AvgIpc) is 2.28. The molecule has 1 aromatic carbocycles. The number of nitrogens with two attached hydrogens (primary N) is 1. The maximum atomic E-state index is 11.9. The quantitative estimate of drug-likeness (QED) is 0.840. The molecule has 1 rings (SSSR count). The summed E-state index contributed by atoms with van der Waals surface area (Å²) in [6, 6.07) is 8.10. The van der Waals surface area contributed by atoms with Gasteiger partial charge in [-0.25, -0.2) is 0 Å². The Morgan fingerprint density at radius 2 is 2.18 bits per heavy atom. The van der Waals surface area contributed by atoms with Gasteiger partial charge in [-0.3, -0.25) is 4.79 Å². The number of benzene rings is 1. The Labute approximate surface area is 103 Å². The minimum Gasteiger partial charge on any atom is -0.348 e. The lowest BCUT2D eigenvalue weighted by molar-refractivity contribution is -0.126. The fourth-order valence-corrected chi connectivity index (χ4v) is 1.54. The lowest BCUT2D eigenvalue weighted by Crippen LogP contribution is -2.51. The molecule has 3 heteroatoms. The van der Waals surface area contributed by atoms with Crippen LogP contribution in [0.1, 0.15) is 44.4 Å². The summed E-state index contributed by atoms with van der Waals surface area (Å²) in [6.07, 6.45) is 0.624. The van der Waals surface area contributed by atoms with Gasteiger partial charge in [0, 0.05) is 0 Å². The average molecular weight is 234 g/mol. The Balaban J connectivity index is 2.73. The van der Waals surface area contributed by atoms with Crippen LogP contribution in [0.15, 0.2) is 24.3 Å². The van der Waals surface area contributed by atoms with E-state index in [0.717, 1.165) is 5.56 Å². The molecule has 0 radical (unpaired) electrons. The van der Waals surface area contributed by atoms with Gasteiger partial charge in [0.1, 0.15) is 0 Å². The van der Waals surface area contributed by atoms with Crippen LogP contribution in [0.5, 0.6) is 0 Å². The third-order valence-electron chi connectivity index (χ3n) is 3.14. The molecule has 0 bridgehead atoms. The third-order valence-corrected chi connectivity index (χ3v) is 3.14. The molecular formula is C14H22N2O. The molecule has 17 heavy (non-hydrogen) atoms. The first kappa shape index (κ1) is 13.7. The van der Waals surface area contributed by atoms with Crippen LogP contribution < -0.4 is 11.1 Å². The molecule has 2 atom stereocenters. The van der Waals surface area contributed by atoms with Crippen LogP contribution in [0.25, 0.3) is 0 Å². The molecule has 0 heterocycles. The highest BCUT2D eigenvalue weighted by atomic mass is 16.2. The van der Waals surface area contributed by atoms with Gasteiger partial charge in [0.05, 0.1) is 11.6 Å². The van der Waals surface area contributed by atoms with Gasteiger partial charge in [-0.15, -0.1) is 0 Å². The Morgan fingerprint density at radius 3 is 2.71 bits per heavy atom. The summed E-state index contributed by atoms with van der Waals surface area (Å²) in [6.45, 7) is 7.68. The predicted octanol–water partition coefficient (Wildman–Crippen LogP) is 2.30. The second-order valence-electron chi connectivity index (χ2n) is 4.88. The number of carbonyl (C=O) groups excluding carboxylic acids is 1. The molecule has 0 fully saturated rings. The number of amides is 1. The van der Waals surface area contributed by atoms with Crippen LogP contribution >= 0.6 is 0 Å². The maximum Gasteiger partial charge on any atom is 0.240 e. The van der Waals surface area contributed by atoms with Gasteiger partial charge in [0.25, 0.3) is 0 Å². The highest BCUT2D eigenvalue weighted by molar-refractivity contribution is 5.85. The summed E-state index contributed by atoms with van der Waals surface area (Å²) in [5.41, 5.74) is 7.40. The van der Waals surface area contributed by atoms with E-state index >= 15 is 0 Å². The SMILES string of the molecule is CCC(C)(N)C(=O)N[C@@H](C)c1cccc(C)c1. The first-order valence-corrected chi connectivity index (χ1v) is 6.03. The van der Waals surface area contributed by atoms with Crippen molar-refractivity contribution in [3.8, 4) is 0 Å². The number of hydrogen-bond donors (Lipinski definition) is 2. The molecule has 3 N–H and O–H groups in total. The monoisotopic (exact) mass is 234 g/mol. The van der Waals surface area contributed by atoms with Crippen molar-refractivity contribution in [1.29, 1.82) is 0 Å². The van der Waals surface area contributed by atoms with Gasteiger partial charge in [0.2, 0.25) is 5.91 Å². The highest BCUT2D eigenvalue weighted by Gasteiger charge is 2.27. The standard InChI is InChI=1S/C14H22N2O/c1-5-14(4,15)13(17)16-11(3)12-8-6-7-10(2)9-12/h6-9,11H,5,15H2,1-4H3,(H,16,17)/t11-,14?/m0/s1. The summed E-state index contributed by atoms with van der Waals surface area (Å²) in [7, 11) is 0. The minimum absolute atomic E-state index is 0.0168. The molecule has 3 nitrogen and oxygen atoms in total. The zero-order valence-electron chi connectivity index (χ0n) is 11.1. The molecule has 1 aromatic rings. The second kappa shape index (κ2) is 5.32. The first-order chi connectivity index (χ1) is 7.86. The van der Waals surface area contributed by atoms with Crippen LogP contribution in [0.4, 0.5) is 0 Å². The molecule has 94 valence electrons. The molecule has 0 spiro atoms. The van der Waals surface area contributed by atoms with Crippen LogP contribution in [0.2, 0.25) is 0 Å². The van der Waals surface area contributed by atoms with Crippen molar-refractivity contribution >= 4 is 5.91 Å². The molecule has 0 aliphatic rings. The van der Waals surface area contributed by atoms with E-state index in [0.29, 0.717) is 6.42 Å². The first-order valence-electron chi connectivity index (χ1n) is 6.03. The molecule has 0 saturated heterocycles. The number of hydrogen-bond acceptors (Lipinski definition) is 2. The Kier molecular flexibility index (Phi) is 4.29. The van der Waals surface area contributed by atoms with E-state index in [1.807, 2.05) is 39.0 Å². The molecular weight excluding hydrogens is 212 g/mol. The molecule has 0 aromatic heterocycles. The van der Waals surface area contributed by atoms with Crippen molar-refractivity contribution < 1.29 is 4.79 Å². The van der Waals surface area contributed by atoms with Crippen LogP contribution in [0.3, 0.4) is 0 Å². The van der Waals surface area contributed by atoms with Gasteiger partial charge in [-0.1, -0.05) is 36.8 Å². The summed E-state index contributed by atoms with van der Waals surface area (Å²) in [5.74, 6) is -0.103. The normalized spacial score (nSPS) is 16.1. The Bertz CT molecular complexity index is 399. The second-order valence-corrected chi connectivity index (χ2v) is 4.88. The van der Waals surface area contributed by atoms with Crippen LogP contribution in [-0.4, -0.2) is 11.4 Å². The van der Waals surface area contributed by atoms with Crippen molar-refractivity contribution in [2.24, 2.45) is 5.73 Å². The summed E-state index contributed by atoms with van der Waals surface area (Å²) >= 11 is 0. The lowest BCUT2D eigenvalue weighted by atomic mass is 9.98. The van der Waals surface area contributed by atoms with E-state index in [2.05, 4.69) is 11.4 Å². The van der Waals surface area contributed by atoms with Crippen LogP contribution in [0, 0.1) is 6.92 Å². The zero-order chi connectivity index (χ0) is 13.1. The molecule has 0 saturated carbocycles. The molecule has 0 aliphatic heterocycles. The van der Waals surface area contributed by atoms with E-state index in [-0.39, 0.29) is 11.9 Å². The summed E-state index contributed by atoms with van der Waals surface area (Å²) in [4.78, 5) is 11.9. The third kappa shape index (κ3) is 3.56. The van der Waals surface area contributed by atoms with Crippen molar-refractivity contribution in [3.63, 3.8) is 0 Å². The van der Waals surface area contributed by atoms with E-state index in [1.54, 1.807) is 6.92 Å². The Hall–Kier alpha value is -1.35.